The summed E-state index contributed by atoms with van der Waals surface area (Å²) in [5, 5.41) is 1.65. The maximum absolute atomic E-state index is 6.28. The number of aryl methyl sites for hydroxylation is 1. The van der Waals surface area contributed by atoms with E-state index in [4.69, 9.17) is 11.6 Å². The Morgan fingerprint density at radius 2 is 2.00 bits per heavy atom. The molecule has 0 saturated carbocycles. The SMILES string of the molecule is CCCCN(CC)c1nc(Cl)nc2sc3c(c12)CCC(C(C)(C)C)C3. The molecule has 0 aliphatic heterocycles. The molecule has 0 bridgehead atoms. The highest BCUT2D eigenvalue weighted by Gasteiger charge is 2.32. The lowest BCUT2D eigenvalue weighted by Crippen LogP contribution is -2.27. The molecule has 0 spiro atoms. The summed E-state index contributed by atoms with van der Waals surface area (Å²) < 4.78 is 0. The largest absolute Gasteiger partial charge is 0.356 e. The number of fused-ring (bicyclic) bond motifs is 3. The molecule has 1 aliphatic carbocycles. The zero-order valence-electron chi connectivity index (χ0n) is 16.2. The van der Waals surface area contributed by atoms with Crippen LogP contribution in [0.15, 0.2) is 0 Å². The van der Waals surface area contributed by atoms with Crippen molar-refractivity contribution in [2.75, 3.05) is 18.0 Å². The molecule has 25 heavy (non-hydrogen) atoms. The molecule has 0 saturated heterocycles. The van der Waals surface area contributed by atoms with Gasteiger partial charge >= 0.3 is 0 Å². The van der Waals surface area contributed by atoms with Crippen LogP contribution in [0.4, 0.5) is 5.82 Å². The topological polar surface area (TPSA) is 29.0 Å². The zero-order chi connectivity index (χ0) is 18.2. The van der Waals surface area contributed by atoms with E-state index in [1.54, 1.807) is 0 Å². The molecule has 0 radical (unpaired) electrons. The molecule has 1 unspecified atom stereocenters. The fourth-order valence-corrected chi connectivity index (χ4v) is 5.37. The van der Waals surface area contributed by atoms with Crippen LogP contribution in [0.3, 0.4) is 0 Å². The van der Waals surface area contributed by atoms with Gasteiger partial charge in [0.1, 0.15) is 10.6 Å². The second kappa shape index (κ2) is 7.40. The summed E-state index contributed by atoms with van der Waals surface area (Å²) in [5.74, 6) is 1.79. The third-order valence-electron chi connectivity index (χ3n) is 5.55. The van der Waals surface area contributed by atoms with Gasteiger partial charge < -0.3 is 4.90 Å². The van der Waals surface area contributed by atoms with Crippen LogP contribution in [-0.2, 0) is 12.8 Å². The zero-order valence-corrected chi connectivity index (χ0v) is 17.7. The number of halogens is 1. The summed E-state index contributed by atoms with van der Waals surface area (Å²) >= 11 is 8.12. The maximum atomic E-state index is 6.28. The van der Waals surface area contributed by atoms with Crippen LogP contribution in [0, 0.1) is 11.3 Å². The van der Waals surface area contributed by atoms with Gasteiger partial charge in [-0.1, -0.05) is 34.1 Å². The first kappa shape index (κ1) is 18.9. The molecule has 5 heteroatoms. The third-order valence-corrected chi connectivity index (χ3v) is 6.87. The first-order valence-electron chi connectivity index (χ1n) is 9.57. The molecule has 3 rings (SSSR count). The minimum absolute atomic E-state index is 0.358. The Kier molecular flexibility index (Phi) is 5.60. The van der Waals surface area contributed by atoms with Crippen LogP contribution in [0.25, 0.3) is 10.2 Å². The summed E-state index contributed by atoms with van der Waals surface area (Å²) in [6.45, 7) is 13.5. The van der Waals surface area contributed by atoms with E-state index in [9.17, 15) is 0 Å². The Bertz CT molecular complexity index is 747. The second-order valence-electron chi connectivity index (χ2n) is 8.24. The predicted octanol–water partition coefficient (Wildman–Crippen LogP) is 6.12. The first-order chi connectivity index (χ1) is 11.8. The number of rotatable bonds is 5. The van der Waals surface area contributed by atoms with Gasteiger partial charge in [0.15, 0.2) is 0 Å². The molecular formula is C20H30ClN3S. The Morgan fingerprint density at radius 1 is 1.24 bits per heavy atom. The van der Waals surface area contributed by atoms with Crippen molar-refractivity contribution in [1.82, 2.24) is 9.97 Å². The highest BCUT2D eigenvalue weighted by atomic mass is 35.5. The Balaban J connectivity index is 2.06. The minimum atomic E-state index is 0.358. The molecule has 0 N–H and O–H groups in total. The molecule has 0 fully saturated rings. The average Bonchev–Trinajstić information content (AvgIpc) is 2.91. The van der Waals surface area contributed by atoms with Crippen molar-refractivity contribution in [3.63, 3.8) is 0 Å². The van der Waals surface area contributed by atoms with Crippen LogP contribution in [0.5, 0.6) is 0 Å². The van der Waals surface area contributed by atoms with Crippen molar-refractivity contribution in [2.24, 2.45) is 11.3 Å². The molecule has 138 valence electrons. The van der Waals surface area contributed by atoms with E-state index in [-0.39, 0.29) is 0 Å². The molecule has 1 aliphatic rings. The predicted molar refractivity (Wildman–Crippen MR) is 110 cm³/mol. The van der Waals surface area contributed by atoms with Gasteiger partial charge in [-0.2, -0.15) is 4.98 Å². The fraction of sp³-hybridized carbons (Fsp3) is 0.700. The summed E-state index contributed by atoms with van der Waals surface area (Å²) in [6, 6.07) is 0. The highest BCUT2D eigenvalue weighted by molar-refractivity contribution is 7.19. The smallest absolute Gasteiger partial charge is 0.225 e. The monoisotopic (exact) mass is 379 g/mol. The van der Waals surface area contributed by atoms with Crippen molar-refractivity contribution in [1.29, 1.82) is 0 Å². The molecule has 0 aromatic carbocycles. The second-order valence-corrected chi connectivity index (χ2v) is 9.66. The summed E-state index contributed by atoms with van der Waals surface area (Å²) in [6.07, 6.45) is 5.92. The van der Waals surface area contributed by atoms with Gasteiger partial charge in [0, 0.05) is 18.0 Å². The van der Waals surface area contributed by atoms with E-state index in [0.717, 1.165) is 42.5 Å². The van der Waals surface area contributed by atoms with Crippen LogP contribution >= 0.6 is 22.9 Å². The lowest BCUT2D eigenvalue weighted by atomic mass is 9.72. The first-order valence-corrected chi connectivity index (χ1v) is 10.8. The van der Waals surface area contributed by atoms with E-state index in [1.807, 2.05) is 11.3 Å². The van der Waals surface area contributed by atoms with Crippen LogP contribution in [-0.4, -0.2) is 23.1 Å². The summed E-state index contributed by atoms with van der Waals surface area (Å²) in [4.78, 5) is 14.2. The van der Waals surface area contributed by atoms with Crippen molar-refractivity contribution >= 4 is 39.0 Å². The van der Waals surface area contributed by atoms with E-state index in [1.165, 1.54) is 35.1 Å². The van der Waals surface area contributed by atoms with Gasteiger partial charge in [0.25, 0.3) is 0 Å². The molecule has 1 atom stereocenters. The quantitative estimate of drug-likeness (QED) is 0.585. The Hall–Kier alpha value is -0.870. The highest BCUT2D eigenvalue weighted by Crippen LogP contribution is 2.45. The maximum Gasteiger partial charge on any atom is 0.225 e. The van der Waals surface area contributed by atoms with Gasteiger partial charge in [0.05, 0.1) is 5.39 Å². The van der Waals surface area contributed by atoms with Gasteiger partial charge in [-0.3, -0.25) is 0 Å². The standard InChI is InChI=1S/C20H30ClN3S/c1-6-8-11-24(7-2)17-16-14-10-9-13(20(3,4)5)12-15(14)25-18(16)23-19(21)22-17/h13H,6-12H2,1-5H3. The molecule has 2 heterocycles. The Labute approximate surface area is 160 Å². The van der Waals surface area contributed by atoms with Crippen molar-refractivity contribution in [2.45, 2.75) is 66.7 Å². The van der Waals surface area contributed by atoms with E-state index >= 15 is 0 Å². The van der Waals surface area contributed by atoms with Gasteiger partial charge in [0.2, 0.25) is 5.28 Å². The summed E-state index contributed by atoms with van der Waals surface area (Å²) in [7, 11) is 0. The molecule has 3 nitrogen and oxygen atoms in total. The Morgan fingerprint density at radius 3 is 2.64 bits per heavy atom. The molecular weight excluding hydrogens is 350 g/mol. The molecule has 2 aromatic rings. The number of anilines is 1. The lowest BCUT2D eigenvalue weighted by Gasteiger charge is -2.34. The average molecular weight is 380 g/mol. The van der Waals surface area contributed by atoms with Gasteiger partial charge in [-0.25, -0.2) is 4.98 Å². The molecule has 0 amide bonds. The fourth-order valence-electron chi connectivity index (χ4n) is 3.86. The van der Waals surface area contributed by atoms with Crippen LogP contribution in [0.1, 0.15) is 64.3 Å². The minimum Gasteiger partial charge on any atom is -0.356 e. The number of hydrogen-bond acceptors (Lipinski definition) is 4. The van der Waals surface area contributed by atoms with Crippen molar-refractivity contribution in [3.8, 4) is 0 Å². The van der Waals surface area contributed by atoms with Crippen LogP contribution in [0.2, 0.25) is 5.28 Å². The summed E-state index contributed by atoms with van der Waals surface area (Å²) in [5.41, 5.74) is 1.85. The van der Waals surface area contributed by atoms with E-state index in [2.05, 4.69) is 49.5 Å². The lowest BCUT2D eigenvalue weighted by molar-refractivity contribution is 0.218. The number of unbranched alkanes of at least 4 members (excludes halogenated alkanes) is 1. The number of thiophene rings is 1. The van der Waals surface area contributed by atoms with Gasteiger partial charge in [-0.15, -0.1) is 11.3 Å². The van der Waals surface area contributed by atoms with Crippen molar-refractivity contribution < 1.29 is 0 Å². The number of hydrogen-bond donors (Lipinski definition) is 0. The molecule has 2 aromatic heterocycles. The third kappa shape index (κ3) is 3.80. The van der Waals surface area contributed by atoms with Crippen molar-refractivity contribution in [3.05, 3.63) is 15.7 Å². The van der Waals surface area contributed by atoms with Gasteiger partial charge in [-0.05, 0) is 61.1 Å². The van der Waals surface area contributed by atoms with E-state index in [0.29, 0.717) is 10.7 Å². The number of nitrogens with zero attached hydrogens (tertiary/aromatic N) is 3. The number of aromatic nitrogens is 2. The van der Waals surface area contributed by atoms with Crippen LogP contribution < -0.4 is 4.90 Å². The van der Waals surface area contributed by atoms with E-state index < -0.39 is 0 Å². The normalized spacial score (nSPS) is 17.8.